The molecule has 0 fully saturated rings. The number of amides is 1. The smallest absolute Gasteiger partial charge is 0.338 e. The molecule has 0 unspecified atom stereocenters. The molecule has 0 spiro atoms. The largest absolute Gasteiger partial charge is 0.462 e. The summed E-state index contributed by atoms with van der Waals surface area (Å²) in [6, 6.07) is 12.6. The van der Waals surface area contributed by atoms with Crippen molar-refractivity contribution in [2.75, 3.05) is 11.9 Å². The molecule has 3 aromatic rings. The van der Waals surface area contributed by atoms with E-state index in [1.165, 1.54) is 23.0 Å². The third-order valence-electron chi connectivity index (χ3n) is 3.97. The van der Waals surface area contributed by atoms with Crippen LogP contribution >= 0.6 is 0 Å². The molecule has 0 atom stereocenters. The minimum Gasteiger partial charge on any atom is -0.462 e. The van der Waals surface area contributed by atoms with Gasteiger partial charge in [-0.15, -0.1) is 0 Å². The molecule has 1 heterocycles. The van der Waals surface area contributed by atoms with Gasteiger partial charge in [0.15, 0.2) is 0 Å². The number of anilines is 1. The van der Waals surface area contributed by atoms with Gasteiger partial charge in [0.1, 0.15) is 11.5 Å². The van der Waals surface area contributed by atoms with Gasteiger partial charge in [0.05, 0.1) is 29.6 Å². The second-order valence-electron chi connectivity index (χ2n) is 5.76. The first-order chi connectivity index (χ1) is 13.0. The van der Waals surface area contributed by atoms with E-state index in [4.69, 9.17) is 4.74 Å². The van der Waals surface area contributed by atoms with Gasteiger partial charge >= 0.3 is 5.97 Å². The molecule has 0 saturated carbocycles. The average Bonchev–Trinajstić information content (AvgIpc) is 3.04. The average molecular weight is 367 g/mol. The lowest BCUT2D eigenvalue weighted by atomic mass is 10.2. The highest BCUT2D eigenvalue weighted by molar-refractivity contribution is 6.05. The zero-order valence-corrected chi connectivity index (χ0v) is 14.9. The van der Waals surface area contributed by atoms with Crippen molar-refractivity contribution in [2.45, 2.75) is 13.8 Å². The maximum atomic E-state index is 14.0. The monoisotopic (exact) mass is 367 g/mol. The van der Waals surface area contributed by atoms with Crippen molar-refractivity contribution in [1.29, 1.82) is 0 Å². The van der Waals surface area contributed by atoms with Crippen molar-refractivity contribution in [3.05, 3.63) is 77.4 Å². The van der Waals surface area contributed by atoms with Crippen molar-refractivity contribution in [2.24, 2.45) is 0 Å². The second-order valence-corrected chi connectivity index (χ2v) is 5.76. The van der Waals surface area contributed by atoms with Crippen LogP contribution in [0.2, 0.25) is 0 Å². The minimum atomic E-state index is -0.461. The highest BCUT2D eigenvalue weighted by Gasteiger charge is 2.17. The summed E-state index contributed by atoms with van der Waals surface area (Å²) in [5, 5.41) is 6.84. The number of hydrogen-bond donors (Lipinski definition) is 1. The molecule has 0 aliphatic carbocycles. The van der Waals surface area contributed by atoms with Gasteiger partial charge in [-0.25, -0.2) is 13.9 Å². The van der Waals surface area contributed by atoms with Crippen molar-refractivity contribution >= 4 is 17.6 Å². The fraction of sp³-hybridized carbons (Fsp3) is 0.150. The van der Waals surface area contributed by atoms with Crippen LogP contribution in [0.3, 0.4) is 0 Å². The molecule has 0 bridgehead atoms. The first kappa shape index (κ1) is 18.3. The van der Waals surface area contributed by atoms with Crippen LogP contribution in [0.1, 0.15) is 33.3 Å². The number of esters is 1. The lowest BCUT2D eigenvalue weighted by Gasteiger charge is -2.08. The van der Waals surface area contributed by atoms with Crippen LogP contribution < -0.4 is 5.32 Å². The van der Waals surface area contributed by atoms with Crippen LogP contribution in [0.4, 0.5) is 10.1 Å². The summed E-state index contributed by atoms with van der Waals surface area (Å²) in [6.45, 7) is 3.67. The van der Waals surface area contributed by atoms with Crippen LogP contribution in [0.15, 0.2) is 54.7 Å². The number of para-hydroxylation sites is 1. The number of aromatic nitrogens is 2. The molecule has 3 rings (SSSR count). The van der Waals surface area contributed by atoms with Gasteiger partial charge in [0.25, 0.3) is 5.91 Å². The number of halogens is 1. The fourth-order valence-corrected chi connectivity index (χ4v) is 2.64. The van der Waals surface area contributed by atoms with E-state index in [1.54, 1.807) is 50.2 Å². The second kappa shape index (κ2) is 7.82. The van der Waals surface area contributed by atoms with E-state index in [1.807, 2.05) is 0 Å². The molecule has 138 valence electrons. The van der Waals surface area contributed by atoms with Crippen molar-refractivity contribution in [1.82, 2.24) is 9.78 Å². The standard InChI is InChI=1S/C20H18FN3O3/c1-3-27-20(26)14-7-6-8-15(11-14)23-19(25)16-12-22-24(13(16)2)18-10-5-4-9-17(18)21/h4-12H,3H2,1-2H3,(H,23,25). The molecule has 27 heavy (non-hydrogen) atoms. The van der Waals surface area contributed by atoms with Gasteiger partial charge in [0, 0.05) is 5.69 Å². The Labute approximate surface area is 155 Å². The van der Waals surface area contributed by atoms with Crippen molar-refractivity contribution in [3.63, 3.8) is 0 Å². The quantitative estimate of drug-likeness (QED) is 0.697. The van der Waals surface area contributed by atoms with Gasteiger partial charge in [-0.1, -0.05) is 18.2 Å². The van der Waals surface area contributed by atoms with Gasteiger partial charge in [-0.05, 0) is 44.2 Å². The highest BCUT2D eigenvalue weighted by Crippen LogP contribution is 2.19. The molecular weight excluding hydrogens is 349 g/mol. The zero-order valence-electron chi connectivity index (χ0n) is 14.9. The topological polar surface area (TPSA) is 73.2 Å². The molecule has 0 saturated heterocycles. The van der Waals surface area contributed by atoms with E-state index in [0.29, 0.717) is 22.5 Å². The summed E-state index contributed by atoms with van der Waals surface area (Å²) in [5.74, 6) is -1.30. The summed E-state index contributed by atoms with van der Waals surface area (Å²) in [4.78, 5) is 24.4. The first-order valence-electron chi connectivity index (χ1n) is 8.39. The fourth-order valence-electron chi connectivity index (χ4n) is 2.64. The summed E-state index contributed by atoms with van der Waals surface area (Å²) in [6.07, 6.45) is 1.38. The molecule has 2 aromatic carbocycles. The van der Waals surface area contributed by atoms with E-state index >= 15 is 0 Å². The summed E-state index contributed by atoms with van der Waals surface area (Å²) >= 11 is 0. The zero-order chi connectivity index (χ0) is 19.4. The van der Waals surface area contributed by atoms with Crippen LogP contribution in [0, 0.1) is 12.7 Å². The lowest BCUT2D eigenvalue weighted by Crippen LogP contribution is -2.14. The number of hydrogen-bond acceptors (Lipinski definition) is 4. The summed E-state index contributed by atoms with van der Waals surface area (Å²) < 4.78 is 20.3. The predicted octanol–water partition coefficient (Wildman–Crippen LogP) is 3.75. The lowest BCUT2D eigenvalue weighted by molar-refractivity contribution is 0.0526. The van der Waals surface area contributed by atoms with Crippen LogP contribution in [-0.2, 0) is 4.74 Å². The van der Waals surface area contributed by atoms with Crippen LogP contribution in [0.25, 0.3) is 5.69 Å². The summed E-state index contributed by atoms with van der Waals surface area (Å²) in [5.41, 5.74) is 1.86. The first-order valence-corrected chi connectivity index (χ1v) is 8.39. The Morgan fingerprint density at radius 3 is 2.70 bits per heavy atom. The maximum Gasteiger partial charge on any atom is 0.338 e. The Bertz CT molecular complexity index is 998. The molecule has 0 aliphatic rings. The van der Waals surface area contributed by atoms with Gasteiger partial charge in [0.2, 0.25) is 0 Å². The van der Waals surface area contributed by atoms with Gasteiger partial charge < -0.3 is 10.1 Å². The van der Waals surface area contributed by atoms with E-state index in [-0.39, 0.29) is 12.3 Å². The maximum absolute atomic E-state index is 14.0. The van der Waals surface area contributed by atoms with E-state index in [2.05, 4.69) is 10.4 Å². The Morgan fingerprint density at radius 1 is 1.19 bits per heavy atom. The molecule has 1 amide bonds. The number of nitrogens with zero attached hydrogens (tertiary/aromatic N) is 2. The Hall–Kier alpha value is -3.48. The van der Waals surface area contributed by atoms with E-state index in [0.717, 1.165) is 0 Å². The molecule has 7 heteroatoms. The molecule has 1 aromatic heterocycles. The van der Waals surface area contributed by atoms with Crippen molar-refractivity contribution in [3.8, 4) is 5.69 Å². The minimum absolute atomic E-state index is 0.262. The van der Waals surface area contributed by atoms with Crippen LogP contribution in [0.5, 0.6) is 0 Å². The number of carbonyl (C=O) groups excluding carboxylic acids is 2. The Morgan fingerprint density at radius 2 is 1.96 bits per heavy atom. The third-order valence-corrected chi connectivity index (χ3v) is 3.97. The highest BCUT2D eigenvalue weighted by atomic mass is 19.1. The molecule has 0 radical (unpaired) electrons. The Kier molecular flexibility index (Phi) is 5.30. The van der Waals surface area contributed by atoms with E-state index < -0.39 is 17.7 Å². The third kappa shape index (κ3) is 3.87. The number of nitrogens with one attached hydrogen (secondary N) is 1. The molecule has 1 N–H and O–H groups in total. The van der Waals surface area contributed by atoms with Crippen molar-refractivity contribution < 1.29 is 18.7 Å². The van der Waals surface area contributed by atoms with Crippen LogP contribution in [-0.4, -0.2) is 28.3 Å². The summed E-state index contributed by atoms with van der Waals surface area (Å²) in [7, 11) is 0. The number of carbonyl (C=O) groups is 2. The predicted molar refractivity (Wildman–Crippen MR) is 98.6 cm³/mol. The number of benzene rings is 2. The molecule has 0 aliphatic heterocycles. The Balaban J connectivity index is 1.83. The normalized spacial score (nSPS) is 10.5. The molecular formula is C20H18FN3O3. The number of rotatable bonds is 5. The van der Waals surface area contributed by atoms with Gasteiger partial charge in [-0.2, -0.15) is 5.10 Å². The number of ether oxygens (including phenoxy) is 1. The SMILES string of the molecule is CCOC(=O)c1cccc(NC(=O)c2cnn(-c3ccccc3F)c2C)c1. The van der Waals surface area contributed by atoms with Gasteiger partial charge in [-0.3, -0.25) is 4.79 Å². The van der Waals surface area contributed by atoms with E-state index in [9.17, 15) is 14.0 Å². The molecule has 6 nitrogen and oxygen atoms in total.